The van der Waals surface area contributed by atoms with Crippen molar-refractivity contribution in [1.82, 2.24) is 15.1 Å². The Balaban J connectivity index is 0.00000225. The fraction of sp³-hybridized carbons (Fsp3) is 0.588. The Hall–Kier alpha value is -0.640. The molecule has 1 aromatic carbocycles. The minimum absolute atomic E-state index is 0. The summed E-state index contributed by atoms with van der Waals surface area (Å²) in [7, 11) is 1.79. The van der Waals surface area contributed by atoms with Gasteiger partial charge in [-0.1, -0.05) is 17.7 Å². The van der Waals surface area contributed by atoms with Gasteiger partial charge in [0.15, 0.2) is 5.96 Å². The molecule has 0 aromatic heterocycles. The Morgan fingerprint density at radius 1 is 1.36 bits per heavy atom. The number of ether oxygens (including phenoxy) is 1. The van der Waals surface area contributed by atoms with Crippen LogP contribution in [-0.4, -0.2) is 68.2 Å². The largest absolute Gasteiger partial charge is 0.379 e. The summed E-state index contributed by atoms with van der Waals surface area (Å²) in [4.78, 5) is 9.18. The summed E-state index contributed by atoms with van der Waals surface area (Å²) < 4.78 is 18.7. The van der Waals surface area contributed by atoms with Crippen molar-refractivity contribution in [3.05, 3.63) is 34.6 Å². The highest BCUT2D eigenvalue weighted by Crippen LogP contribution is 2.18. The molecule has 2 heterocycles. The van der Waals surface area contributed by atoms with Crippen molar-refractivity contribution >= 4 is 41.5 Å². The zero-order chi connectivity index (χ0) is 16.9. The molecule has 1 N–H and O–H groups in total. The maximum absolute atomic E-state index is 13.2. The van der Waals surface area contributed by atoms with E-state index in [2.05, 4.69) is 20.1 Å². The number of halogens is 3. The molecular formula is C17H25ClFIN4O. The molecule has 0 amide bonds. The van der Waals surface area contributed by atoms with Gasteiger partial charge in [0, 0.05) is 45.8 Å². The van der Waals surface area contributed by atoms with Gasteiger partial charge in [-0.3, -0.25) is 9.89 Å². The number of benzene rings is 1. The molecule has 3 rings (SSSR count). The van der Waals surface area contributed by atoms with Gasteiger partial charge in [-0.15, -0.1) is 24.0 Å². The minimum atomic E-state index is -0.391. The lowest BCUT2D eigenvalue weighted by molar-refractivity contribution is 0.0195. The van der Waals surface area contributed by atoms with Gasteiger partial charge in [-0.05, 0) is 24.1 Å². The van der Waals surface area contributed by atoms with Crippen LogP contribution in [0.25, 0.3) is 0 Å². The SMILES string of the molecule is CN=C(NCc1ccc(F)c(Cl)c1)N1CCC(N2CCOCC2)C1.I. The third-order valence-electron chi connectivity index (χ3n) is 4.67. The summed E-state index contributed by atoms with van der Waals surface area (Å²) >= 11 is 5.84. The predicted octanol–water partition coefficient (Wildman–Crippen LogP) is 2.58. The van der Waals surface area contributed by atoms with Gasteiger partial charge in [0.25, 0.3) is 0 Å². The van der Waals surface area contributed by atoms with Crippen LogP contribution in [0.5, 0.6) is 0 Å². The monoisotopic (exact) mass is 482 g/mol. The molecule has 25 heavy (non-hydrogen) atoms. The summed E-state index contributed by atoms with van der Waals surface area (Å²) in [6.07, 6.45) is 1.14. The van der Waals surface area contributed by atoms with Gasteiger partial charge in [-0.25, -0.2) is 4.39 Å². The van der Waals surface area contributed by atoms with E-state index in [9.17, 15) is 4.39 Å². The van der Waals surface area contributed by atoms with Crippen molar-refractivity contribution in [2.24, 2.45) is 4.99 Å². The highest BCUT2D eigenvalue weighted by atomic mass is 127. The zero-order valence-corrected chi connectivity index (χ0v) is 17.5. The average Bonchev–Trinajstić information content (AvgIpc) is 3.09. The van der Waals surface area contributed by atoms with Crippen LogP contribution in [-0.2, 0) is 11.3 Å². The van der Waals surface area contributed by atoms with Crippen LogP contribution in [0.4, 0.5) is 4.39 Å². The molecule has 8 heteroatoms. The van der Waals surface area contributed by atoms with Gasteiger partial charge in [-0.2, -0.15) is 0 Å². The van der Waals surface area contributed by atoms with Crippen molar-refractivity contribution in [3.63, 3.8) is 0 Å². The number of aliphatic imine (C=N–C) groups is 1. The van der Waals surface area contributed by atoms with Crippen LogP contribution >= 0.6 is 35.6 Å². The lowest BCUT2D eigenvalue weighted by Crippen LogP contribution is -2.46. The number of hydrogen-bond acceptors (Lipinski definition) is 3. The van der Waals surface area contributed by atoms with Crippen molar-refractivity contribution < 1.29 is 9.13 Å². The Morgan fingerprint density at radius 2 is 2.12 bits per heavy atom. The number of nitrogens with one attached hydrogen (secondary N) is 1. The van der Waals surface area contributed by atoms with Gasteiger partial charge < -0.3 is 15.0 Å². The summed E-state index contributed by atoms with van der Waals surface area (Å²) in [5.74, 6) is 0.490. The van der Waals surface area contributed by atoms with Crippen molar-refractivity contribution in [2.45, 2.75) is 19.0 Å². The molecular weight excluding hydrogens is 458 g/mol. The molecule has 1 unspecified atom stereocenters. The Morgan fingerprint density at radius 3 is 2.80 bits per heavy atom. The summed E-state index contributed by atoms with van der Waals surface area (Å²) in [5, 5.41) is 3.50. The Kier molecular flexibility index (Phi) is 8.18. The number of rotatable bonds is 3. The fourth-order valence-electron chi connectivity index (χ4n) is 3.34. The molecule has 0 saturated carbocycles. The lowest BCUT2D eigenvalue weighted by Gasteiger charge is -2.32. The smallest absolute Gasteiger partial charge is 0.193 e. The molecule has 2 fully saturated rings. The topological polar surface area (TPSA) is 40.1 Å². The van der Waals surface area contributed by atoms with E-state index in [1.807, 2.05) is 0 Å². The second-order valence-electron chi connectivity index (χ2n) is 6.19. The van der Waals surface area contributed by atoms with Crippen LogP contribution in [0, 0.1) is 5.82 Å². The van der Waals surface area contributed by atoms with Crippen molar-refractivity contribution in [1.29, 1.82) is 0 Å². The first-order valence-corrected chi connectivity index (χ1v) is 8.76. The second-order valence-corrected chi connectivity index (χ2v) is 6.59. The van der Waals surface area contributed by atoms with Gasteiger partial charge in [0.1, 0.15) is 5.82 Å². The molecule has 2 aliphatic heterocycles. The van der Waals surface area contributed by atoms with Gasteiger partial charge in [0.05, 0.1) is 18.2 Å². The Labute approximate surface area is 170 Å². The molecule has 2 saturated heterocycles. The summed E-state index contributed by atoms with van der Waals surface area (Å²) in [5.41, 5.74) is 0.937. The lowest BCUT2D eigenvalue weighted by atomic mass is 10.2. The number of hydrogen-bond donors (Lipinski definition) is 1. The highest BCUT2D eigenvalue weighted by molar-refractivity contribution is 14.0. The molecule has 5 nitrogen and oxygen atoms in total. The van der Waals surface area contributed by atoms with Crippen LogP contribution in [0.3, 0.4) is 0 Å². The second kappa shape index (κ2) is 9.89. The molecule has 1 atom stereocenters. The third kappa shape index (κ3) is 5.42. The van der Waals surface area contributed by atoms with Gasteiger partial charge in [0.2, 0.25) is 0 Å². The average molecular weight is 483 g/mol. The van der Waals surface area contributed by atoms with E-state index in [4.69, 9.17) is 16.3 Å². The standard InChI is InChI=1S/C17H24ClFN4O.HI/c1-20-17(21-11-13-2-3-16(19)15(18)10-13)23-5-4-14(12-23)22-6-8-24-9-7-22;/h2-3,10,14H,4-9,11-12H2,1H3,(H,20,21);1H. The highest BCUT2D eigenvalue weighted by Gasteiger charge is 2.30. The predicted molar refractivity (Wildman–Crippen MR) is 109 cm³/mol. The van der Waals surface area contributed by atoms with E-state index in [-0.39, 0.29) is 29.0 Å². The first kappa shape index (κ1) is 20.7. The molecule has 140 valence electrons. The van der Waals surface area contributed by atoms with E-state index >= 15 is 0 Å². The number of guanidine groups is 1. The summed E-state index contributed by atoms with van der Waals surface area (Å²) in [6, 6.07) is 5.35. The molecule has 0 spiro atoms. The number of morpholine rings is 1. The maximum atomic E-state index is 13.2. The summed E-state index contributed by atoms with van der Waals surface area (Å²) in [6.45, 7) is 6.22. The van der Waals surface area contributed by atoms with E-state index < -0.39 is 5.82 Å². The number of likely N-dealkylation sites (tertiary alicyclic amines) is 1. The van der Waals surface area contributed by atoms with Crippen LogP contribution in [0.1, 0.15) is 12.0 Å². The molecule has 2 aliphatic rings. The number of nitrogens with zero attached hydrogens (tertiary/aromatic N) is 3. The first-order chi connectivity index (χ1) is 11.7. The molecule has 0 radical (unpaired) electrons. The maximum Gasteiger partial charge on any atom is 0.193 e. The van der Waals surface area contributed by atoms with Crippen LogP contribution in [0.15, 0.2) is 23.2 Å². The van der Waals surface area contributed by atoms with Crippen LogP contribution < -0.4 is 5.32 Å². The molecule has 1 aromatic rings. The fourth-order valence-corrected chi connectivity index (χ4v) is 3.54. The van der Waals surface area contributed by atoms with E-state index in [1.165, 1.54) is 6.07 Å². The van der Waals surface area contributed by atoms with E-state index in [0.717, 1.165) is 57.3 Å². The van der Waals surface area contributed by atoms with E-state index in [1.54, 1.807) is 19.2 Å². The minimum Gasteiger partial charge on any atom is -0.379 e. The third-order valence-corrected chi connectivity index (χ3v) is 4.96. The van der Waals surface area contributed by atoms with Crippen molar-refractivity contribution in [3.8, 4) is 0 Å². The van der Waals surface area contributed by atoms with Gasteiger partial charge >= 0.3 is 0 Å². The first-order valence-electron chi connectivity index (χ1n) is 8.38. The zero-order valence-electron chi connectivity index (χ0n) is 14.4. The molecule has 0 bridgehead atoms. The quantitative estimate of drug-likeness (QED) is 0.408. The van der Waals surface area contributed by atoms with E-state index in [0.29, 0.717) is 12.6 Å². The van der Waals surface area contributed by atoms with Crippen molar-refractivity contribution in [2.75, 3.05) is 46.4 Å². The van der Waals surface area contributed by atoms with Crippen LogP contribution in [0.2, 0.25) is 5.02 Å². The molecule has 0 aliphatic carbocycles. The Bertz CT molecular complexity index is 598. The normalized spacial score (nSPS) is 22.0.